The van der Waals surface area contributed by atoms with Gasteiger partial charge in [-0.1, -0.05) is 36.4 Å². The van der Waals surface area contributed by atoms with Crippen molar-refractivity contribution in [2.24, 2.45) is 5.10 Å². The first-order valence-electron chi connectivity index (χ1n) is 8.35. The second-order valence-electron chi connectivity index (χ2n) is 5.92. The number of nitrogens with zero attached hydrogens (tertiary/aromatic N) is 1. The number of halogens is 1. The molecule has 0 aliphatic rings. The molecule has 1 amide bonds. The number of hydrogen-bond acceptors (Lipinski definition) is 4. The van der Waals surface area contributed by atoms with Gasteiger partial charge in [0.25, 0.3) is 5.91 Å². The summed E-state index contributed by atoms with van der Waals surface area (Å²) < 4.78 is 11.7. The van der Waals surface area contributed by atoms with Gasteiger partial charge in [0.15, 0.2) is 6.61 Å². The number of aryl methyl sites for hydroxylation is 1. The van der Waals surface area contributed by atoms with Gasteiger partial charge in [-0.05, 0) is 57.4 Å². The van der Waals surface area contributed by atoms with Crippen molar-refractivity contribution < 1.29 is 14.3 Å². The number of benzene rings is 3. The number of ether oxygens (including phenoxy) is 2. The van der Waals surface area contributed by atoms with E-state index in [1.165, 1.54) is 0 Å². The van der Waals surface area contributed by atoms with Crippen molar-refractivity contribution >= 4 is 38.8 Å². The van der Waals surface area contributed by atoms with Crippen molar-refractivity contribution in [3.05, 3.63) is 70.2 Å². The smallest absolute Gasteiger partial charge is 0.277 e. The van der Waals surface area contributed by atoms with Crippen LogP contribution in [0.4, 0.5) is 0 Å². The van der Waals surface area contributed by atoms with E-state index in [1.54, 1.807) is 13.3 Å². The number of methoxy groups -OCH3 is 1. The van der Waals surface area contributed by atoms with Crippen LogP contribution in [0.1, 0.15) is 11.1 Å². The average molecular weight is 427 g/mol. The van der Waals surface area contributed by atoms with Crippen molar-refractivity contribution in [2.45, 2.75) is 6.92 Å². The molecule has 0 spiro atoms. The maximum absolute atomic E-state index is 12.0. The van der Waals surface area contributed by atoms with Crippen molar-refractivity contribution in [3.8, 4) is 11.5 Å². The molecule has 0 atom stereocenters. The van der Waals surface area contributed by atoms with Crippen LogP contribution in [-0.2, 0) is 4.79 Å². The minimum atomic E-state index is -0.349. The summed E-state index contributed by atoms with van der Waals surface area (Å²) in [6.07, 6.45) is 1.58. The molecule has 0 bridgehead atoms. The molecule has 138 valence electrons. The number of nitrogens with one attached hydrogen (secondary N) is 1. The van der Waals surface area contributed by atoms with Gasteiger partial charge in [-0.15, -0.1) is 0 Å². The third-order valence-electron chi connectivity index (χ3n) is 3.98. The molecule has 0 aliphatic carbocycles. The minimum Gasteiger partial charge on any atom is -0.496 e. The Hall–Kier alpha value is -2.86. The predicted molar refractivity (Wildman–Crippen MR) is 111 cm³/mol. The van der Waals surface area contributed by atoms with Crippen molar-refractivity contribution in [2.75, 3.05) is 13.7 Å². The fraction of sp³-hybridized carbons (Fsp3) is 0.143. The lowest BCUT2D eigenvalue weighted by Crippen LogP contribution is -2.24. The summed E-state index contributed by atoms with van der Waals surface area (Å²) in [6.45, 7) is 1.85. The quantitative estimate of drug-likeness (QED) is 0.467. The molecule has 0 unspecified atom stereocenters. The van der Waals surface area contributed by atoms with E-state index in [1.807, 2.05) is 61.5 Å². The van der Waals surface area contributed by atoms with Crippen LogP contribution in [0.2, 0.25) is 0 Å². The zero-order chi connectivity index (χ0) is 19.2. The maximum Gasteiger partial charge on any atom is 0.277 e. The van der Waals surface area contributed by atoms with Crippen molar-refractivity contribution in [1.29, 1.82) is 0 Å². The van der Waals surface area contributed by atoms with Crippen LogP contribution < -0.4 is 14.9 Å². The molecule has 6 heteroatoms. The summed E-state index contributed by atoms with van der Waals surface area (Å²) in [6, 6.07) is 17.4. The lowest BCUT2D eigenvalue weighted by molar-refractivity contribution is -0.123. The predicted octanol–water partition coefficient (Wildman–Crippen LogP) is 4.45. The molecule has 0 saturated carbocycles. The van der Waals surface area contributed by atoms with Crippen LogP contribution in [0.25, 0.3) is 10.8 Å². The Morgan fingerprint density at radius 2 is 1.93 bits per heavy atom. The molecular formula is C21H19BrN2O3. The van der Waals surface area contributed by atoms with Crippen LogP contribution in [-0.4, -0.2) is 25.8 Å². The minimum absolute atomic E-state index is 0.133. The molecule has 0 fully saturated rings. The maximum atomic E-state index is 12.0. The summed E-state index contributed by atoms with van der Waals surface area (Å²) >= 11 is 3.42. The highest BCUT2D eigenvalue weighted by atomic mass is 79.9. The molecule has 3 aromatic carbocycles. The first kappa shape index (κ1) is 18.9. The zero-order valence-electron chi connectivity index (χ0n) is 15.0. The summed E-state index contributed by atoms with van der Waals surface area (Å²) in [5, 5.41) is 6.12. The molecular weight excluding hydrogens is 408 g/mol. The van der Waals surface area contributed by atoms with E-state index in [9.17, 15) is 4.79 Å². The molecule has 0 aliphatic heterocycles. The number of carbonyl (C=O) groups excluding carboxylic acids is 1. The molecule has 3 aromatic rings. The highest BCUT2D eigenvalue weighted by Gasteiger charge is 2.07. The largest absolute Gasteiger partial charge is 0.496 e. The van der Waals surface area contributed by atoms with Crippen LogP contribution in [0.15, 0.2) is 64.2 Å². The fourth-order valence-electron chi connectivity index (χ4n) is 2.65. The Labute approximate surface area is 166 Å². The van der Waals surface area contributed by atoms with E-state index < -0.39 is 0 Å². The highest BCUT2D eigenvalue weighted by molar-refractivity contribution is 9.10. The molecule has 0 heterocycles. The number of fused-ring (bicyclic) bond motifs is 1. The monoisotopic (exact) mass is 426 g/mol. The van der Waals surface area contributed by atoms with Gasteiger partial charge in [0.05, 0.1) is 17.8 Å². The number of hydrazone groups is 1. The Balaban J connectivity index is 1.66. The van der Waals surface area contributed by atoms with Gasteiger partial charge >= 0.3 is 0 Å². The molecule has 3 rings (SSSR count). The normalized spacial score (nSPS) is 10.9. The summed E-state index contributed by atoms with van der Waals surface area (Å²) in [5.41, 5.74) is 4.39. The van der Waals surface area contributed by atoms with E-state index >= 15 is 0 Å². The van der Waals surface area contributed by atoms with Gasteiger partial charge < -0.3 is 9.47 Å². The average Bonchev–Trinajstić information content (AvgIpc) is 2.67. The van der Waals surface area contributed by atoms with E-state index in [4.69, 9.17) is 9.47 Å². The van der Waals surface area contributed by atoms with Crippen LogP contribution >= 0.6 is 15.9 Å². The molecule has 0 saturated heterocycles. The van der Waals surface area contributed by atoms with Gasteiger partial charge in [0.2, 0.25) is 0 Å². The van der Waals surface area contributed by atoms with Crippen LogP contribution in [0.3, 0.4) is 0 Å². The molecule has 27 heavy (non-hydrogen) atoms. The zero-order valence-corrected chi connectivity index (χ0v) is 16.6. The molecule has 5 nitrogen and oxygen atoms in total. The third kappa shape index (κ3) is 4.65. The first-order chi connectivity index (χ1) is 13.1. The second-order valence-corrected chi connectivity index (χ2v) is 6.77. The summed E-state index contributed by atoms with van der Waals surface area (Å²) in [7, 11) is 1.60. The van der Waals surface area contributed by atoms with E-state index in [2.05, 4.69) is 26.5 Å². The van der Waals surface area contributed by atoms with Gasteiger partial charge in [-0.3, -0.25) is 4.79 Å². The third-order valence-corrected chi connectivity index (χ3v) is 4.60. The second kappa shape index (κ2) is 8.68. The van der Waals surface area contributed by atoms with Crippen molar-refractivity contribution in [3.63, 3.8) is 0 Å². The Kier molecular flexibility index (Phi) is 6.08. The summed E-state index contributed by atoms with van der Waals surface area (Å²) in [4.78, 5) is 12.0. The van der Waals surface area contributed by atoms with E-state index in [-0.39, 0.29) is 12.5 Å². The van der Waals surface area contributed by atoms with E-state index in [0.717, 1.165) is 26.4 Å². The number of amides is 1. The Morgan fingerprint density at radius 1 is 1.15 bits per heavy atom. The lowest BCUT2D eigenvalue weighted by atomic mass is 10.0. The van der Waals surface area contributed by atoms with E-state index in [0.29, 0.717) is 11.5 Å². The number of rotatable bonds is 6. The van der Waals surface area contributed by atoms with Gasteiger partial charge in [0, 0.05) is 5.56 Å². The first-order valence-corrected chi connectivity index (χ1v) is 9.14. The number of carbonyl (C=O) groups is 1. The molecule has 0 aromatic heterocycles. The van der Waals surface area contributed by atoms with Gasteiger partial charge in [-0.2, -0.15) is 5.10 Å². The van der Waals surface area contributed by atoms with Gasteiger partial charge in [0.1, 0.15) is 11.5 Å². The Bertz CT molecular complexity index is 1000. The lowest BCUT2D eigenvalue weighted by Gasteiger charge is -2.09. The highest BCUT2D eigenvalue weighted by Crippen LogP contribution is 2.27. The van der Waals surface area contributed by atoms with Crippen LogP contribution in [0.5, 0.6) is 11.5 Å². The molecule has 0 radical (unpaired) electrons. The fourth-order valence-corrected chi connectivity index (χ4v) is 3.26. The molecule has 1 N–H and O–H groups in total. The van der Waals surface area contributed by atoms with Gasteiger partial charge in [-0.25, -0.2) is 5.43 Å². The topological polar surface area (TPSA) is 59.9 Å². The standard InChI is InChI=1S/C21H19BrN2O3/c1-14-7-9-20(18(22)11-14)27-13-21(25)24-23-12-17-16-6-4-3-5-15(16)8-10-19(17)26-2/h3-12H,13H2,1-2H3,(H,24,25). The SMILES string of the molecule is COc1ccc2ccccc2c1C=NNC(=O)COc1ccc(C)cc1Br. The van der Waals surface area contributed by atoms with Crippen LogP contribution in [0, 0.1) is 6.92 Å². The number of hydrogen-bond donors (Lipinski definition) is 1. The Morgan fingerprint density at radius 3 is 2.70 bits per heavy atom. The van der Waals surface area contributed by atoms with Crippen molar-refractivity contribution in [1.82, 2.24) is 5.43 Å². The summed E-state index contributed by atoms with van der Waals surface area (Å²) in [5.74, 6) is 0.944.